The first-order valence-electron chi connectivity index (χ1n) is 16.4. The van der Waals surface area contributed by atoms with Crippen molar-refractivity contribution in [3.8, 4) is 0 Å². The van der Waals surface area contributed by atoms with E-state index in [1.165, 1.54) is 7.05 Å². The molecule has 12 nitrogen and oxygen atoms in total. The summed E-state index contributed by atoms with van der Waals surface area (Å²) in [5.41, 5.74) is 10.8. The number of carbonyl (C=O) groups excluding carboxylic acids is 5. The Morgan fingerprint density at radius 1 is 1.02 bits per heavy atom. The molecule has 4 amide bonds. The van der Waals surface area contributed by atoms with Gasteiger partial charge in [0, 0.05) is 56.2 Å². The predicted molar refractivity (Wildman–Crippen MR) is 189 cm³/mol. The van der Waals surface area contributed by atoms with Gasteiger partial charge in [0.25, 0.3) is 0 Å². The first kappa shape index (κ1) is 42.3. The maximum absolute atomic E-state index is 13.7. The van der Waals surface area contributed by atoms with Gasteiger partial charge in [-0.15, -0.1) is 0 Å². The molecule has 1 saturated heterocycles. The number of amides is 4. The van der Waals surface area contributed by atoms with Crippen molar-refractivity contribution in [1.29, 1.82) is 0 Å². The number of carbonyl (C=O) groups is 5. The van der Waals surface area contributed by atoms with Crippen molar-refractivity contribution in [2.24, 2.45) is 23.3 Å². The molecule has 1 aromatic heterocycles. The van der Waals surface area contributed by atoms with Gasteiger partial charge >= 0.3 is 0 Å². The fourth-order valence-corrected chi connectivity index (χ4v) is 6.59. The average Bonchev–Trinajstić information content (AvgIpc) is 3.05. The maximum atomic E-state index is 13.7. The summed E-state index contributed by atoms with van der Waals surface area (Å²) in [6, 6.07) is 4.22. The van der Waals surface area contributed by atoms with Crippen LogP contribution in [0, 0.1) is 11.8 Å². The van der Waals surface area contributed by atoms with Crippen molar-refractivity contribution in [2.45, 2.75) is 102 Å². The normalized spacial score (nSPS) is 15.7. The van der Waals surface area contributed by atoms with E-state index < -0.39 is 35.3 Å². The summed E-state index contributed by atoms with van der Waals surface area (Å²) in [5, 5.41) is 8.60. The first-order chi connectivity index (χ1) is 22.5. The van der Waals surface area contributed by atoms with Crippen LogP contribution < -0.4 is 27.4 Å². The number of nitrogens with one attached hydrogen (secondary N) is 3. The fraction of sp³-hybridized carbons (Fsp3) is 0.697. The number of ether oxygens (including phenoxy) is 1. The maximum Gasteiger partial charge on any atom is 0.246 e. The monoisotopic (exact) mass is 696 g/mol. The molecule has 266 valence electrons. The molecule has 0 aliphatic carbocycles. The zero-order valence-electron chi connectivity index (χ0n) is 28.7. The summed E-state index contributed by atoms with van der Waals surface area (Å²) >= 11 is 3.38. The molecule has 7 N–H and O–H groups in total. The molecular formula is C33H56N6O6S2. The third-order valence-corrected chi connectivity index (χ3v) is 9.84. The van der Waals surface area contributed by atoms with Crippen LogP contribution >= 0.6 is 23.5 Å². The second-order valence-corrected chi connectivity index (χ2v) is 14.2. The zero-order chi connectivity index (χ0) is 35.2. The molecular weight excluding hydrogens is 641 g/mol. The number of hydrogen-bond donors (Lipinski definition) is 5. The van der Waals surface area contributed by atoms with Crippen LogP contribution in [-0.2, 0) is 40.2 Å². The minimum Gasteiger partial charge on any atom is -0.381 e. The molecule has 3 atom stereocenters. The van der Waals surface area contributed by atoms with Gasteiger partial charge in [-0.3, -0.25) is 24.2 Å². The lowest BCUT2D eigenvalue weighted by molar-refractivity contribution is -0.140. The fourth-order valence-electron chi connectivity index (χ4n) is 4.95. The number of aldehydes is 1. The molecule has 1 aromatic rings. The predicted octanol–water partition coefficient (Wildman–Crippen LogP) is 2.70. The molecule has 0 radical (unpaired) electrons. The molecule has 0 unspecified atom stereocenters. The van der Waals surface area contributed by atoms with E-state index in [1.807, 2.05) is 45.9 Å². The van der Waals surface area contributed by atoms with Gasteiger partial charge in [-0.1, -0.05) is 40.2 Å². The topological polar surface area (TPSA) is 196 Å². The Balaban J connectivity index is 0.00000541. The standard InChI is InChI=1S/C32H51N5O6S2.CH5N/c1-5-23(4)28(29(33)40)36-30(41)26(19-22(2)3)35-31(42)32(12-15-43-16-13-32)37-27(39)11-7-17-44-20-24-9-6-10-25(34-24)21-45-18-8-14-38;1-2/h6,9-10,14,22-23,26,28H,5,7-8,11-13,15-21H2,1-4H3,(H2,33,40)(H,35,42)(H,36,41)(H,37,39);2H2,1H3/t23-,26-,28-;/m0./s1. The SMILES string of the molecule is CC[C@H](C)[C@H](NC(=O)[C@H](CC(C)C)NC(=O)C1(NC(=O)CCCSCc2cccc(CSCCC=O)n2)CCOCC1)C(N)=O.CN. The quantitative estimate of drug-likeness (QED) is 0.0942. The summed E-state index contributed by atoms with van der Waals surface area (Å²) in [4.78, 5) is 67.3. The van der Waals surface area contributed by atoms with E-state index in [1.54, 1.807) is 23.5 Å². The van der Waals surface area contributed by atoms with E-state index >= 15 is 0 Å². The highest BCUT2D eigenvalue weighted by atomic mass is 32.2. The summed E-state index contributed by atoms with van der Waals surface area (Å²) in [6.45, 7) is 8.26. The number of aromatic nitrogens is 1. The second-order valence-electron chi connectivity index (χ2n) is 12.0. The van der Waals surface area contributed by atoms with Crippen molar-refractivity contribution in [1.82, 2.24) is 20.9 Å². The molecule has 14 heteroatoms. The van der Waals surface area contributed by atoms with Crippen LogP contribution in [0.5, 0.6) is 0 Å². The van der Waals surface area contributed by atoms with E-state index in [-0.39, 0.29) is 24.2 Å². The van der Waals surface area contributed by atoms with Crippen molar-refractivity contribution >= 4 is 53.4 Å². The third-order valence-electron chi connectivity index (χ3n) is 7.74. The van der Waals surface area contributed by atoms with E-state index in [0.717, 1.165) is 40.7 Å². The summed E-state index contributed by atoms with van der Waals surface area (Å²) in [5.74, 6) is 1.21. The minimum absolute atomic E-state index is 0.0828. The molecule has 1 aliphatic rings. The van der Waals surface area contributed by atoms with Gasteiger partial charge in [0.05, 0.1) is 11.4 Å². The van der Waals surface area contributed by atoms with Gasteiger partial charge < -0.3 is 36.9 Å². The zero-order valence-corrected chi connectivity index (χ0v) is 30.3. The molecule has 0 bridgehead atoms. The Morgan fingerprint density at radius 3 is 2.19 bits per heavy atom. The van der Waals surface area contributed by atoms with Crippen LogP contribution in [0.2, 0.25) is 0 Å². The van der Waals surface area contributed by atoms with Crippen molar-refractivity contribution in [2.75, 3.05) is 31.8 Å². The number of pyridine rings is 1. The Bertz CT molecular complexity index is 1120. The third kappa shape index (κ3) is 15.8. The minimum atomic E-state index is -1.19. The lowest BCUT2D eigenvalue weighted by Gasteiger charge is -2.38. The summed E-state index contributed by atoms with van der Waals surface area (Å²) in [7, 11) is 1.50. The molecule has 2 rings (SSSR count). The molecule has 0 spiro atoms. The molecule has 0 saturated carbocycles. The van der Waals surface area contributed by atoms with Crippen LogP contribution in [-0.4, -0.2) is 84.3 Å². The largest absolute Gasteiger partial charge is 0.381 e. The molecule has 1 aliphatic heterocycles. The van der Waals surface area contributed by atoms with Gasteiger partial charge in [-0.05, 0) is 49.6 Å². The first-order valence-corrected chi connectivity index (χ1v) is 18.7. The van der Waals surface area contributed by atoms with E-state index in [9.17, 15) is 24.0 Å². The van der Waals surface area contributed by atoms with Gasteiger partial charge in [0.2, 0.25) is 23.6 Å². The van der Waals surface area contributed by atoms with E-state index in [0.29, 0.717) is 51.7 Å². The average molecular weight is 697 g/mol. The summed E-state index contributed by atoms with van der Waals surface area (Å²) in [6.07, 6.45) is 3.95. The highest BCUT2D eigenvalue weighted by Gasteiger charge is 2.43. The lowest BCUT2D eigenvalue weighted by atomic mass is 9.87. The van der Waals surface area contributed by atoms with Crippen LogP contribution in [0.3, 0.4) is 0 Å². The number of nitrogens with two attached hydrogens (primary N) is 2. The van der Waals surface area contributed by atoms with Gasteiger partial charge in [-0.2, -0.15) is 23.5 Å². The number of thioether (sulfide) groups is 2. The highest BCUT2D eigenvalue weighted by Crippen LogP contribution is 2.23. The van der Waals surface area contributed by atoms with Gasteiger partial charge in [0.15, 0.2) is 0 Å². The number of nitrogens with zero attached hydrogens (tertiary/aromatic N) is 1. The number of primary amides is 1. The Labute approximate surface area is 288 Å². The molecule has 47 heavy (non-hydrogen) atoms. The Kier molecular flexibility index (Phi) is 21.3. The summed E-state index contributed by atoms with van der Waals surface area (Å²) < 4.78 is 5.50. The molecule has 2 heterocycles. The smallest absolute Gasteiger partial charge is 0.246 e. The van der Waals surface area contributed by atoms with Gasteiger partial charge in [0.1, 0.15) is 23.9 Å². The Hall–Kier alpha value is -2.68. The van der Waals surface area contributed by atoms with Crippen LogP contribution in [0.15, 0.2) is 18.2 Å². The Morgan fingerprint density at radius 2 is 1.64 bits per heavy atom. The van der Waals surface area contributed by atoms with Crippen LogP contribution in [0.25, 0.3) is 0 Å². The lowest BCUT2D eigenvalue weighted by Crippen LogP contribution is -2.64. The molecule has 0 aromatic carbocycles. The van der Waals surface area contributed by atoms with Crippen molar-refractivity contribution in [3.63, 3.8) is 0 Å². The van der Waals surface area contributed by atoms with Crippen LogP contribution in [0.1, 0.15) is 84.0 Å². The van der Waals surface area contributed by atoms with Crippen molar-refractivity contribution in [3.05, 3.63) is 29.6 Å². The highest BCUT2D eigenvalue weighted by molar-refractivity contribution is 7.98. The van der Waals surface area contributed by atoms with Crippen LogP contribution in [0.4, 0.5) is 0 Å². The number of rotatable bonds is 21. The molecule has 1 fully saturated rings. The van der Waals surface area contributed by atoms with Crippen molar-refractivity contribution < 1.29 is 28.7 Å². The second kappa shape index (κ2) is 23.6. The van der Waals surface area contributed by atoms with Gasteiger partial charge in [-0.25, -0.2) is 0 Å². The van der Waals surface area contributed by atoms with E-state index in [2.05, 4.69) is 26.7 Å². The van der Waals surface area contributed by atoms with E-state index in [4.69, 9.17) is 10.5 Å². The number of hydrogen-bond acceptors (Lipinski definition) is 10.